The van der Waals surface area contributed by atoms with Gasteiger partial charge in [0.05, 0.1) is 20.3 Å². The Morgan fingerprint density at radius 1 is 1.11 bits per heavy atom. The molecule has 0 N–H and O–H groups in total. The molecule has 1 aliphatic rings. The monoisotopic (exact) mass is 263 g/mol. The maximum Gasteiger partial charge on any atom is 0.120 e. The number of rotatable bonds is 6. The van der Waals surface area contributed by atoms with E-state index in [1.165, 1.54) is 0 Å². The first-order chi connectivity index (χ1) is 9.38. The maximum absolute atomic E-state index is 5.61. The zero-order valence-corrected chi connectivity index (χ0v) is 11.4. The Hall–Kier alpha value is -1.52. The van der Waals surface area contributed by atoms with Crippen LogP contribution in [0.3, 0.4) is 0 Å². The van der Waals surface area contributed by atoms with Crippen LogP contribution in [0.4, 0.5) is 0 Å². The van der Waals surface area contributed by atoms with E-state index in [1.54, 1.807) is 7.11 Å². The van der Waals surface area contributed by atoms with Crippen LogP contribution >= 0.6 is 0 Å². The fourth-order valence-corrected chi connectivity index (χ4v) is 1.89. The molecule has 4 heteroatoms. The summed E-state index contributed by atoms with van der Waals surface area (Å²) in [6.45, 7) is 5.28. The highest BCUT2D eigenvalue weighted by atomic mass is 16.5. The summed E-state index contributed by atoms with van der Waals surface area (Å²) < 4.78 is 16.0. The van der Waals surface area contributed by atoms with Crippen LogP contribution < -0.4 is 9.47 Å². The van der Waals surface area contributed by atoms with Crippen LogP contribution in [0, 0.1) is 0 Å². The van der Waals surface area contributed by atoms with Crippen molar-refractivity contribution in [1.29, 1.82) is 0 Å². The SMILES string of the molecule is COc1ccc(OC/C=C/CN2CCOCC2)cc1. The van der Waals surface area contributed by atoms with E-state index in [2.05, 4.69) is 17.1 Å². The normalized spacial score (nSPS) is 16.7. The van der Waals surface area contributed by atoms with Crippen molar-refractivity contribution < 1.29 is 14.2 Å². The van der Waals surface area contributed by atoms with Gasteiger partial charge in [0, 0.05) is 19.6 Å². The fourth-order valence-electron chi connectivity index (χ4n) is 1.89. The summed E-state index contributed by atoms with van der Waals surface area (Å²) in [6.07, 6.45) is 4.20. The average molecular weight is 263 g/mol. The molecule has 0 aliphatic carbocycles. The molecule has 104 valence electrons. The lowest BCUT2D eigenvalue weighted by atomic mass is 10.3. The van der Waals surface area contributed by atoms with Crippen molar-refractivity contribution in [3.63, 3.8) is 0 Å². The smallest absolute Gasteiger partial charge is 0.120 e. The molecule has 1 aromatic rings. The lowest BCUT2D eigenvalue weighted by Gasteiger charge is -2.25. The van der Waals surface area contributed by atoms with Crippen LogP contribution in [0.15, 0.2) is 36.4 Å². The maximum atomic E-state index is 5.61. The molecule has 19 heavy (non-hydrogen) atoms. The molecule has 0 unspecified atom stereocenters. The zero-order valence-electron chi connectivity index (χ0n) is 11.4. The molecule has 0 radical (unpaired) electrons. The number of ether oxygens (including phenoxy) is 3. The summed E-state index contributed by atoms with van der Waals surface area (Å²) >= 11 is 0. The Morgan fingerprint density at radius 2 is 1.79 bits per heavy atom. The van der Waals surface area contributed by atoms with Crippen molar-refractivity contribution in [3.05, 3.63) is 36.4 Å². The third kappa shape index (κ3) is 4.93. The van der Waals surface area contributed by atoms with E-state index >= 15 is 0 Å². The molecule has 0 saturated carbocycles. The van der Waals surface area contributed by atoms with Gasteiger partial charge >= 0.3 is 0 Å². The number of hydrogen-bond donors (Lipinski definition) is 0. The number of benzene rings is 1. The molecular formula is C15H21NO3. The Kier molecular flexibility index (Phi) is 5.72. The van der Waals surface area contributed by atoms with Gasteiger partial charge in [0.15, 0.2) is 0 Å². The molecule has 0 aromatic heterocycles. The average Bonchev–Trinajstić information content (AvgIpc) is 2.49. The summed E-state index contributed by atoms with van der Waals surface area (Å²) in [5, 5.41) is 0. The summed E-state index contributed by atoms with van der Waals surface area (Å²) in [6, 6.07) is 7.61. The zero-order chi connectivity index (χ0) is 13.3. The molecular weight excluding hydrogens is 242 g/mol. The molecule has 0 bridgehead atoms. The molecule has 1 saturated heterocycles. The number of nitrogens with zero attached hydrogens (tertiary/aromatic N) is 1. The second-order valence-electron chi connectivity index (χ2n) is 4.37. The van der Waals surface area contributed by atoms with Crippen LogP contribution in [-0.2, 0) is 4.74 Å². The molecule has 0 spiro atoms. The van der Waals surface area contributed by atoms with Crippen LogP contribution in [0.1, 0.15) is 0 Å². The molecule has 1 fully saturated rings. The van der Waals surface area contributed by atoms with Gasteiger partial charge in [0.1, 0.15) is 18.1 Å². The van der Waals surface area contributed by atoms with Gasteiger partial charge in [-0.25, -0.2) is 0 Å². The van der Waals surface area contributed by atoms with Crippen LogP contribution in [0.5, 0.6) is 11.5 Å². The van der Waals surface area contributed by atoms with Gasteiger partial charge in [-0.2, -0.15) is 0 Å². The van der Waals surface area contributed by atoms with Crippen LogP contribution in [0.2, 0.25) is 0 Å². The van der Waals surface area contributed by atoms with Gasteiger partial charge in [0.2, 0.25) is 0 Å². The van der Waals surface area contributed by atoms with E-state index in [0.717, 1.165) is 44.3 Å². The van der Waals surface area contributed by atoms with Gasteiger partial charge in [0.25, 0.3) is 0 Å². The Labute approximate surface area is 114 Å². The van der Waals surface area contributed by atoms with Gasteiger partial charge in [-0.05, 0) is 24.3 Å². The topological polar surface area (TPSA) is 30.9 Å². The minimum Gasteiger partial charge on any atom is -0.497 e. The standard InChI is InChI=1S/C15H21NO3/c1-17-14-4-6-15(7-5-14)19-11-3-2-8-16-9-12-18-13-10-16/h2-7H,8-13H2,1H3/b3-2+. The highest BCUT2D eigenvalue weighted by Gasteiger charge is 2.07. The van der Waals surface area contributed by atoms with Crippen molar-refractivity contribution in [2.45, 2.75) is 0 Å². The molecule has 0 atom stereocenters. The van der Waals surface area contributed by atoms with Crippen molar-refractivity contribution in [1.82, 2.24) is 4.90 Å². The van der Waals surface area contributed by atoms with Gasteiger partial charge in [-0.3, -0.25) is 4.90 Å². The van der Waals surface area contributed by atoms with E-state index in [9.17, 15) is 0 Å². The van der Waals surface area contributed by atoms with E-state index in [0.29, 0.717) is 6.61 Å². The molecule has 0 amide bonds. The van der Waals surface area contributed by atoms with E-state index < -0.39 is 0 Å². The summed E-state index contributed by atoms with van der Waals surface area (Å²) in [7, 11) is 1.66. The molecule has 4 nitrogen and oxygen atoms in total. The molecule has 1 aliphatic heterocycles. The Morgan fingerprint density at radius 3 is 2.47 bits per heavy atom. The predicted molar refractivity (Wildman–Crippen MR) is 74.9 cm³/mol. The highest BCUT2D eigenvalue weighted by molar-refractivity contribution is 5.31. The second kappa shape index (κ2) is 7.81. The largest absolute Gasteiger partial charge is 0.497 e. The number of methoxy groups -OCH3 is 1. The van der Waals surface area contributed by atoms with Crippen LogP contribution in [-0.4, -0.2) is 51.5 Å². The van der Waals surface area contributed by atoms with Crippen molar-refractivity contribution in [2.24, 2.45) is 0 Å². The van der Waals surface area contributed by atoms with E-state index in [1.807, 2.05) is 24.3 Å². The summed E-state index contributed by atoms with van der Waals surface area (Å²) in [5.74, 6) is 1.70. The second-order valence-corrected chi connectivity index (χ2v) is 4.37. The minimum atomic E-state index is 0.594. The van der Waals surface area contributed by atoms with Gasteiger partial charge in [-0.1, -0.05) is 12.2 Å². The first-order valence-electron chi connectivity index (χ1n) is 6.60. The molecule has 2 rings (SSSR count). The van der Waals surface area contributed by atoms with Gasteiger partial charge in [-0.15, -0.1) is 0 Å². The van der Waals surface area contributed by atoms with Gasteiger partial charge < -0.3 is 14.2 Å². The fraction of sp³-hybridized carbons (Fsp3) is 0.467. The lowest BCUT2D eigenvalue weighted by Crippen LogP contribution is -2.36. The summed E-state index contributed by atoms with van der Waals surface area (Å²) in [5.41, 5.74) is 0. The third-order valence-corrected chi connectivity index (χ3v) is 3.04. The number of morpholine rings is 1. The first kappa shape index (κ1) is 13.9. The molecule has 1 heterocycles. The lowest BCUT2D eigenvalue weighted by molar-refractivity contribution is 0.0434. The van der Waals surface area contributed by atoms with E-state index in [-0.39, 0.29) is 0 Å². The Balaban J connectivity index is 1.64. The highest BCUT2D eigenvalue weighted by Crippen LogP contribution is 2.16. The molecule has 1 aromatic carbocycles. The van der Waals surface area contributed by atoms with Crippen molar-refractivity contribution in [3.8, 4) is 11.5 Å². The van der Waals surface area contributed by atoms with Crippen LogP contribution in [0.25, 0.3) is 0 Å². The van der Waals surface area contributed by atoms with Crippen molar-refractivity contribution in [2.75, 3.05) is 46.6 Å². The quantitative estimate of drug-likeness (QED) is 0.734. The minimum absolute atomic E-state index is 0.594. The third-order valence-electron chi connectivity index (χ3n) is 3.04. The first-order valence-corrected chi connectivity index (χ1v) is 6.60. The Bertz CT molecular complexity index is 383. The van der Waals surface area contributed by atoms with Crippen molar-refractivity contribution >= 4 is 0 Å². The number of hydrogen-bond acceptors (Lipinski definition) is 4. The predicted octanol–water partition coefficient (Wildman–Crippen LogP) is 1.96. The summed E-state index contributed by atoms with van der Waals surface area (Å²) in [4.78, 5) is 2.37. The van der Waals surface area contributed by atoms with E-state index in [4.69, 9.17) is 14.2 Å².